The molecular formula is C20H22N4O2. The summed E-state index contributed by atoms with van der Waals surface area (Å²) in [7, 11) is 3.32. The quantitative estimate of drug-likeness (QED) is 0.776. The molecule has 4 rings (SSSR count). The van der Waals surface area contributed by atoms with E-state index in [0.717, 1.165) is 29.4 Å². The van der Waals surface area contributed by atoms with E-state index in [4.69, 9.17) is 9.47 Å². The number of hydrogen-bond acceptors (Lipinski definition) is 5. The Morgan fingerprint density at radius 2 is 1.88 bits per heavy atom. The Bertz CT molecular complexity index is 904. The van der Waals surface area contributed by atoms with Gasteiger partial charge >= 0.3 is 0 Å². The summed E-state index contributed by atoms with van der Waals surface area (Å²) in [5.41, 5.74) is 3.52. The maximum absolute atomic E-state index is 5.66. The number of anilines is 1. The van der Waals surface area contributed by atoms with Gasteiger partial charge in [0.2, 0.25) is 5.95 Å². The lowest BCUT2D eigenvalue weighted by Gasteiger charge is -2.32. The number of hydrogen-bond donors (Lipinski definition) is 1. The van der Waals surface area contributed by atoms with Gasteiger partial charge < -0.3 is 14.8 Å². The van der Waals surface area contributed by atoms with Gasteiger partial charge in [0, 0.05) is 5.56 Å². The summed E-state index contributed by atoms with van der Waals surface area (Å²) in [6.45, 7) is 2.10. The van der Waals surface area contributed by atoms with E-state index >= 15 is 0 Å². The normalized spacial score (nSPS) is 18.7. The summed E-state index contributed by atoms with van der Waals surface area (Å²) in [6.07, 6.45) is 2.42. The molecule has 6 heteroatoms. The van der Waals surface area contributed by atoms with E-state index < -0.39 is 0 Å². The lowest BCUT2D eigenvalue weighted by Crippen LogP contribution is -2.28. The van der Waals surface area contributed by atoms with Gasteiger partial charge in [-0.2, -0.15) is 10.1 Å². The second kappa shape index (κ2) is 6.71. The number of aryl methyl sites for hydroxylation is 1. The third kappa shape index (κ3) is 2.77. The van der Waals surface area contributed by atoms with Gasteiger partial charge in [-0.1, -0.05) is 42.0 Å². The fourth-order valence-electron chi connectivity index (χ4n) is 3.57. The summed E-state index contributed by atoms with van der Waals surface area (Å²) in [5, 5.41) is 7.93. The summed E-state index contributed by atoms with van der Waals surface area (Å²) >= 11 is 0. The largest absolute Gasteiger partial charge is 0.493 e. The van der Waals surface area contributed by atoms with Crippen molar-refractivity contribution in [3.05, 3.63) is 65.5 Å². The molecule has 1 aliphatic heterocycles. The van der Waals surface area contributed by atoms with Gasteiger partial charge in [0.05, 0.1) is 26.3 Å². The Labute approximate surface area is 152 Å². The first-order valence-corrected chi connectivity index (χ1v) is 8.64. The number of methoxy groups -OCH3 is 2. The van der Waals surface area contributed by atoms with Crippen LogP contribution in [0.3, 0.4) is 0 Å². The van der Waals surface area contributed by atoms with Crippen molar-refractivity contribution >= 4 is 5.95 Å². The number of benzene rings is 2. The van der Waals surface area contributed by atoms with E-state index in [9.17, 15) is 0 Å². The molecule has 3 aromatic rings. The molecule has 6 nitrogen and oxygen atoms in total. The van der Waals surface area contributed by atoms with Crippen LogP contribution in [0.1, 0.15) is 35.2 Å². The summed E-state index contributed by atoms with van der Waals surface area (Å²) in [5.74, 6) is 2.22. The van der Waals surface area contributed by atoms with E-state index in [1.807, 2.05) is 16.8 Å². The Kier molecular flexibility index (Phi) is 4.24. The lowest BCUT2D eigenvalue weighted by molar-refractivity contribution is 0.340. The average molecular weight is 350 g/mol. The maximum Gasteiger partial charge on any atom is 0.222 e. The lowest BCUT2D eigenvalue weighted by atomic mass is 9.92. The van der Waals surface area contributed by atoms with Crippen molar-refractivity contribution in [1.29, 1.82) is 0 Å². The zero-order chi connectivity index (χ0) is 18.1. The maximum atomic E-state index is 5.66. The molecule has 0 amide bonds. The topological polar surface area (TPSA) is 61.2 Å². The second-order valence-corrected chi connectivity index (χ2v) is 6.47. The smallest absolute Gasteiger partial charge is 0.222 e. The molecule has 0 unspecified atom stereocenters. The zero-order valence-corrected chi connectivity index (χ0v) is 15.1. The van der Waals surface area contributed by atoms with Crippen LogP contribution in [0.4, 0.5) is 5.95 Å². The Morgan fingerprint density at radius 3 is 2.62 bits per heavy atom. The first-order valence-electron chi connectivity index (χ1n) is 8.64. The van der Waals surface area contributed by atoms with Crippen LogP contribution in [-0.4, -0.2) is 29.0 Å². The molecule has 26 heavy (non-hydrogen) atoms. The molecule has 0 bridgehead atoms. The van der Waals surface area contributed by atoms with Crippen LogP contribution in [0.15, 0.2) is 48.8 Å². The molecule has 1 aromatic heterocycles. The third-order valence-corrected chi connectivity index (χ3v) is 4.90. The van der Waals surface area contributed by atoms with Gasteiger partial charge in [-0.05, 0) is 25.0 Å². The molecule has 2 atom stereocenters. The highest BCUT2D eigenvalue weighted by molar-refractivity contribution is 5.50. The number of ether oxygens (including phenoxy) is 2. The van der Waals surface area contributed by atoms with Crippen molar-refractivity contribution in [1.82, 2.24) is 14.8 Å². The summed E-state index contributed by atoms with van der Waals surface area (Å²) in [4.78, 5) is 4.39. The molecule has 2 heterocycles. The Hall–Kier alpha value is -3.02. The molecule has 1 aliphatic rings. The van der Waals surface area contributed by atoms with Crippen LogP contribution in [0.2, 0.25) is 0 Å². The van der Waals surface area contributed by atoms with Crippen LogP contribution in [0.25, 0.3) is 0 Å². The van der Waals surface area contributed by atoms with E-state index in [0.29, 0.717) is 0 Å². The highest BCUT2D eigenvalue weighted by atomic mass is 16.5. The van der Waals surface area contributed by atoms with Crippen LogP contribution >= 0.6 is 0 Å². The molecule has 2 aromatic carbocycles. The molecular weight excluding hydrogens is 328 g/mol. The number of rotatable bonds is 4. The van der Waals surface area contributed by atoms with Gasteiger partial charge in [0.25, 0.3) is 0 Å². The van der Waals surface area contributed by atoms with E-state index in [1.54, 1.807) is 20.5 Å². The highest BCUT2D eigenvalue weighted by Crippen LogP contribution is 2.43. The first kappa shape index (κ1) is 16.4. The second-order valence-electron chi connectivity index (χ2n) is 6.47. The van der Waals surface area contributed by atoms with Crippen LogP contribution in [0, 0.1) is 6.92 Å². The number of aromatic nitrogens is 3. The molecule has 134 valence electrons. The van der Waals surface area contributed by atoms with E-state index in [2.05, 4.69) is 52.7 Å². The third-order valence-electron chi connectivity index (χ3n) is 4.90. The Balaban J connectivity index is 1.78. The Morgan fingerprint density at radius 1 is 1.08 bits per heavy atom. The van der Waals surface area contributed by atoms with Crippen molar-refractivity contribution in [2.24, 2.45) is 0 Å². The first-order chi connectivity index (χ1) is 12.7. The predicted octanol–water partition coefficient (Wildman–Crippen LogP) is 3.75. The fraction of sp³-hybridized carbons (Fsp3) is 0.300. The molecule has 0 saturated carbocycles. The average Bonchev–Trinajstić information content (AvgIpc) is 3.15. The van der Waals surface area contributed by atoms with Gasteiger partial charge in [-0.25, -0.2) is 4.68 Å². The molecule has 1 N–H and O–H groups in total. The minimum absolute atomic E-state index is 0.00473. The zero-order valence-electron chi connectivity index (χ0n) is 15.1. The van der Waals surface area contributed by atoms with Crippen LogP contribution < -0.4 is 14.8 Å². The van der Waals surface area contributed by atoms with Crippen molar-refractivity contribution in [3.8, 4) is 11.5 Å². The van der Waals surface area contributed by atoms with Gasteiger partial charge in [0.1, 0.15) is 6.33 Å². The van der Waals surface area contributed by atoms with Gasteiger partial charge in [-0.3, -0.25) is 0 Å². The molecule has 0 spiro atoms. The van der Waals surface area contributed by atoms with E-state index in [-0.39, 0.29) is 12.1 Å². The number of nitrogens with one attached hydrogen (secondary N) is 1. The molecule has 0 saturated heterocycles. The number of para-hydroxylation sites is 1. The SMILES string of the molecule is COc1cccc([C@H]2C[C@@H](c3ccc(C)cc3)Nc3ncnn32)c1OC. The molecule has 0 radical (unpaired) electrons. The van der Waals surface area contributed by atoms with Gasteiger partial charge in [0.15, 0.2) is 11.5 Å². The minimum Gasteiger partial charge on any atom is -0.493 e. The minimum atomic E-state index is 0.00473. The summed E-state index contributed by atoms with van der Waals surface area (Å²) in [6, 6.07) is 14.7. The van der Waals surface area contributed by atoms with Crippen molar-refractivity contribution in [2.75, 3.05) is 19.5 Å². The van der Waals surface area contributed by atoms with Crippen LogP contribution in [-0.2, 0) is 0 Å². The molecule has 0 aliphatic carbocycles. The fourth-order valence-corrected chi connectivity index (χ4v) is 3.57. The number of fused-ring (bicyclic) bond motifs is 1. The predicted molar refractivity (Wildman–Crippen MR) is 99.9 cm³/mol. The standard InChI is InChI=1S/C20H22N4O2/c1-13-7-9-14(10-8-13)16-11-17(24-20(23-16)21-12-22-24)15-5-4-6-18(25-2)19(15)26-3/h4-10,12,16-17H,11H2,1-3H3,(H,21,22,23)/t16-,17+/m0/s1. The molecule has 0 fully saturated rings. The number of nitrogens with zero attached hydrogens (tertiary/aromatic N) is 3. The monoisotopic (exact) mass is 350 g/mol. The highest BCUT2D eigenvalue weighted by Gasteiger charge is 2.32. The van der Waals surface area contributed by atoms with Crippen molar-refractivity contribution in [3.63, 3.8) is 0 Å². The van der Waals surface area contributed by atoms with Crippen molar-refractivity contribution in [2.45, 2.75) is 25.4 Å². The van der Waals surface area contributed by atoms with E-state index in [1.165, 1.54) is 11.1 Å². The van der Waals surface area contributed by atoms with Crippen LogP contribution in [0.5, 0.6) is 11.5 Å². The van der Waals surface area contributed by atoms with Gasteiger partial charge in [-0.15, -0.1) is 0 Å². The summed E-state index contributed by atoms with van der Waals surface area (Å²) < 4.78 is 13.1. The van der Waals surface area contributed by atoms with Crippen molar-refractivity contribution < 1.29 is 9.47 Å².